The van der Waals surface area contributed by atoms with Gasteiger partial charge in [-0.3, -0.25) is 9.69 Å². The number of nitrogens with one attached hydrogen (secondary N) is 2. The molecule has 0 saturated carbocycles. The maximum atomic E-state index is 12.7. The number of thiazole rings is 1. The predicted molar refractivity (Wildman–Crippen MR) is 177 cm³/mol. The third kappa shape index (κ3) is 6.98. The van der Waals surface area contributed by atoms with Crippen molar-refractivity contribution in [2.24, 2.45) is 5.73 Å². The number of likely N-dealkylation sites (N-methyl/N-ethyl adjacent to an activating group) is 1. The van der Waals surface area contributed by atoms with E-state index in [0.29, 0.717) is 36.6 Å². The minimum Gasteiger partial charge on any atom is -0.381 e. The van der Waals surface area contributed by atoms with Gasteiger partial charge < -0.3 is 30.9 Å². The number of hydrogen-bond donors (Lipinski definition) is 3. The molecule has 3 saturated heterocycles. The molecule has 3 aromatic rings. The van der Waals surface area contributed by atoms with Gasteiger partial charge in [-0.2, -0.15) is 0 Å². The first kappa shape index (κ1) is 30.7. The van der Waals surface area contributed by atoms with Gasteiger partial charge in [-0.25, -0.2) is 15.0 Å². The molecule has 0 aliphatic carbocycles. The van der Waals surface area contributed by atoms with Gasteiger partial charge in [-0.15, -0.1) is 11.3 Å². The van der Waals surface area contributed by atoms with Crippen molar-refractivity contribution in [1.82, 2.24) is 24.8 Å². The van der Waals surface area contributed by atoms with Gasteiger partial charge in [-0.1, -0.05) is 6.92 Å². The number of aryl methyl sites for hydroxylation is 2. The average molecular weight is 620 g/mol. The molecule has 0 bridgehead atoms. The van der Waals surface area contributed by atoms with E-state index in [0.717, 1.165) is 61.0 Å². The molecule has 5 heterocycles. The van der Waals surface area contributed by atoms with Gasteiger partial charge in [0, 0.05) is 82.1 Å². The Morgan fingerprint density at radius 2 is 1.80 bits per heavy atom. The zero-order valence-corrected chi connectivity index (χ0v) is 27.0. The van der Waals surface area contributed by atoms with Crippen molar-refractivity contribution in [2.45, 2.75) is 58.0 Å². The first-order chi connectivity index (χ1) is 21.4. The Morgan fingerprint density at radius 3 is 2.45 bits per heavy atom. The van der Waals surface area contributed by atoms with E-state index in [-0.39, 0.29) is 11.7 Å². The molecule has 236 valence electrons. The molecule has 6 rings (SSSR count). The Balaban J connectivity index is 1.23. The first-order valence-corrected chi connectivity index (χ1v) is 16.8. The lowest BCUT2D eigenvalue weighted by Gasteiger charge is -2.43. The molecule has 3 aliphatic rings. The Labute approximate surface area is 264 Å². The molecule has 1 aromatic carbocycles. The van der Waals surface area contributed by atoms with Gasteiger partial charge in [0.15, 0.2) is 17.3 Å². The number of carbonyl (C=O) groups is 1. The van der Waals surface area contributed by atoms with Crippen molar-refractivity contribution < 1.29 is 9.53 Å². The normalized spacial score (nSPS) is 19.3. The van der Waals surface area contributed by atoms with Gasteiger partial charge in [-0.05, 0) is 69.8 Å². The number of aromatic nitrogens is 3. The van der Waals surface area contributed by atoms with Gasteiger partial charge in [0.1, 0.15) is 5.69 Å². The monoisotopic (exact) mass is 619 g/mol. The van der Waals surface area contributed by atoms with Crippen LogP contribution in [0.15, 0.2) is 24.4 Å². The molecule has 11 nitrogen and oxygen atoms in total. The fourth-order valence-corrected chi connectivity index (χ4v) is 7.29. The summed E-state index contributed by atoms with van der Waals surface area (Å²) in [5.74, 6) is 0.333. The highest BCUT2D eigenvalue weighted by molar-refractivity contribution is 7.15. The Bertz CT molecular complexity index is 1440. The number of rotatable bonds is 9. The largest absolute Gasteiger partial charge is 0.381 e. The molecular formula is C32H45N9O2S. The van der Waals surface area contributed by atoms with Gasteiger partial charge in [0.05, 0.1) is 9.88 Å². The van der Waals surface area contributed by atoms with Crippen LogP contribution >= 0.6 is 11.3 Å². The number of benzene rings is 1. The van der Waals surface area contributed by atoms with E-state index in [1.54, 1.807) is 6.20 Å². The Kier molecular flexibility index (Phi) is 9.60. The van der Waals surface area contributed by atoms with Crippen molar-refractivity contribution in [3.05, 3.63) is 40.7 Å². The first-order valence-electron chi connectivity index (χ1n) is 15.9. The van der Waals surface area contributed by atoms with Crippen molar-refractivity contribution in [3.63, 3.8) is 0 Å². The number of nitrogens with two attached hydrogens (primary N) is 1. The summed E-state index contributed by atoms with van der Waals surface area (Å²) in [7, 11) is 2.22. The van der Waals surface area contributed by atoms with E-state index in [4.69, 9.17) is 20.4 Å². The summed E-state index contributed by atoms with van der Waals surface area (Å²) in [5.41, 5.74) is 9.96. The van der Waals surface area contributed by atoms with E-state index in [9.17, 15) is 4.79 Å². The number of hydrogen-bond acceptors (Lipinski definition) is 11. The number of anilines is 4. The van der Waals surface area contributed by atoms with Gasteiger partial charge in [0.2, 0.25) is 0 Å². The lowest BCUT2D eigenvalue weighted by molar-refractivity contribution is 0.0904. The lowest BCUT2D eigenvalue weighted by atomic mass is 10.00. The van der Waals surface area contributed by atoms with Crippen LogP contribution in [0.2, 0.25) is 0 Å². The van der Waals surface area contributed by atoms with E-state index < -0.39 is 5.91 Å². The highest BCUT2D eigenvalue weighted by atomic mass is 32.1. The lowest BCUT2D eigenvalue weighted by Crippen LogP contribution is -2.52. The molecule has 0 atom stereocenters. The second-order valence-electron chi connectivity index (χ2n) is 12.1. The molecule has 0 spiro atoms. The van der Waals surface area contributed by atoms with Crippen LogP contribution in [0.5, 0.6) is 0 Å². The molecule has 0 radical (unpaired) electrons. The van der Waals surface area contributed by atoms with Crippen LogP contribution in [-0.4, -0.2) is 102 Å². The van der Waals surface area contributed by atoms with Crippen LogP contribution in [-0.2, 0) is 11.2 Å². The van der Waals surface area contributed by atoms with Gasteiger partial charge in [0.25, 0.3) is 5.91 Å². The number of ether oxygens (including phenoxy) is 1. The fourth-order valence-electron chi connectivity index (χ4n) is 6.52. The minimum atomic E-state index is -0.629. The molecule has 1 amide bonds. The van der Waals surface area contributed by atoms with Crippen LogP contribution in [0.4, 0.5) is 23.0 Å². The Morgan fingerprint density at radius 1 is 1.05 bits per heavy atom. The number of carbonyl (C=O) groups excluding carboxylic acids is 1. The fraction of sp³-hybridized carbons (Fsp3) is 0.562. The van der Waals surface area contributed by atoms with Crippen LogP contribution in [0.3, 0.4) is 0 Å². The number of nitrogens with zero attached hydrogens (tertiary/aromatic N) is 6. The molecule has 2 aromatic heterocycles. The SMILES string of the molecule is CCc1cc(Nc2nc(NC3CCOCC3)c(-c3cnc(C)s3)nc2C(N)=O)ccc1N1CCC(N2CCN(C)CC2)CC1. The van der Waals surface area contributed by atoms with Crippen molar-refractivity contribution in [3.8, 4) is 10.6 Å². The van der Waals surface area contributed by atoms with Crippen LogP contribution in [0, 0.1) is 6.92 Å². The standard InChI is InChI=1S/C32H45N9O2S/c1-4-22-19-24(5-6-26(22)41-11-7-25(8-12-41)40-15-13-39(3)14-16-40)36-32-29(30(33)42)37-28(27-20-34-21(2)44-27)31(38-32)35-23-9-17-43-18-10-23/h5-6,19-20,23,25H,4,7-18H2,1-3H3,(H2,33,42)(H2,35,36,38). The smallest absolute Gasteiger partial charge is 0.271 e. The zero-order chi connectivity index (χ0) is 30.6. The summed E-state index contributed by atoms with van der Waals surface area (Å²) in [6.07, 6.45) is 6.81. The maximum Gasteiger partial charge on any atom is 0.271 e. The van der Waals surface area contributed by atoms with Crippen LogP contribution in [0.25, 0.3) is 10.6 Å². The highest BCUT2D eigenvalue weighted by Crippen LogP contribution is 2.35. The predicted octanol–water partition coefficient (Wildman–Crippen LogP) is 4.12. The van der Waals surface area contributed by atoms with Gasteiger partial charge >= 0.3 is 0 Å². The molecule has 3 aliphatic heterocycles. The van der Waals surface area contributed by atoms with E-state index in [2.05, 4.69) is 62.5 Å². The topological polar surface area (TPSA) is 125 Å². The van der Waals surface area contributed by atoms with Crippen LogP contribution in [0.1, 0.15) is 53.7 Å². The summed E-state index contributed by atoms with van der Waals surface area (Å²) in [5, 5.41) is 7.88. The highest BCUT2D eigenvalue weighted by Gasteiger charge is 2.28. The number of piperidine rings is 1. The van der Waals surface area contributed by atoms with Crippen molar-refractivity contribution in [1.29, 1.82) is 0 Å². The maximum absolute atomic E-state index is 12.7. The quantitative estimate of drug-likeness (QED) is 0.322. The summed E-state index contributed by atoms with van der Waals surface area (Å²) in [6.45, 7) is 12.3. The minimum absolute atomic E-state index is 0.108. The molecule has 3 fully saturated rings. The molecule has 4 N–H and O–H groups in total. The number of primary amides is 1. The third-order valence-electron chi connectivity index (χ3n) is 9.13. The third-order valence-corrected chi connectivity index (χ3v) is 10.0. The molecule has 0 unspecified atom stereocenters. The van der Waals surface area contributed by atoms with E-state index in [1.165, 1.54) is 48.5 Å². The molecule has 44 heavy (non-hydrogen) atoms. The van der Waals surface area contributed by atoms with E-state index in [1.807, 2.05) is 6.92 Å². The number of amides is 1. The summed E-state index contributed by atoms with van der Waals surface area (Å²) >= 11 is 1.52. The summed E-state index contributed by atoms with van der Waals surface area (Å²) in [6, 6.07) is 7.31. The van der Waals surface area contributed by atoms with Crippen molar-refractivity contribution >= 4 is 40.3 Å². The summed E-state index contributed by atoms with van der Waals surface area (Å²) < 4.78 is 5.56. The summed E-state index contributed by atoms with van der Waals surface area (Å²) in [4.78, 5) is 35.2. The molecule has 12 heteroatoms. The number of piperazine rings is 1. The molecular weight excluding hydrogens is 574 g/mol. The zero-order valence-electron chi connectivity index (χ0n) is 26.1. The Hall–Kier alpha value is -3.32. The van der Waals surface area contributed by atoms with E-state index >= 15 is 0 Å². The van der Waals surface area contributed by atoms with Crippen LogP contribution < -0.4 is 21.3 Å². The average Bonchev–Trinajstić information content (AvgIpc) is 3.48. The second kappa shape index (κ2) is 13.8. The van der Waals surface area contributed by atoms with Crippen molar-refractivity contribution in [2.75, 3.05) is 75.1 Å². The second-order valence-corrected chi connectivity index (χ2v) is 13.4.